The van der Waals surface area contributed by atoms with Crippen molar-refractivity contribution >= 4 is 8.80 Å². The van der Waals surface area contributed by atoms with Crippen molar-refractivity contribution in [3.8, 4) is 0 Å². The number of hydrogen-bond donors (Lipinski definition) is 1. The van der Waals surface area contributed by atoms with Crippen molar-refractivity contribution in [1.29, 1.82) is 0 Å². The molecule has 0 aliphatic heterocycles. The number of hydrogen-bond acceptors (Lipinski definition) is 3. The molecule has 0 aliphatic rings. The Morgan fingerprint density at radius 3 is 1.93 bits per heavy atom. The highest BCUT2D eigenvalue weighted by Gasteiger charge is 2.32. The summed E-state index contributed by atoms with van der Waals surface area (Å²) in [7, 11) is 0.275. The van der Waals surface area contributed by atoms with Crippen molar-refractivity contribution in [2.24, 2.45) is 0 Å². The lowest BCUT2D eigenvalue weighted by atomic mass is 10.1. The maximum Gasteiger partial charge on any atom is 0.497 e. The van der Waals surface area contributed by atoms with Crippen molar-refractivity contribution in [2.45, 2.75) is 51.5 Å². The summed E-state index contributed by atoms with van der Waals surface area (Å²) >= 11 is 0. The molecular weight excluding hydrogens is 196 g/mol. The Morgan fingerprint density at radius 2 is 1.43 bits per heavy atom. The maximum atomic E-state index is 9.73. The van der Waals surface area contributed by atoms with E-state index in [0.29, 0.717) is 6.04 Å². The second kappa shape index (κ2) is 8.41. The minimum atomic E-state index is -2.77. The van der Waals surface area contributed by atoms with E-state index in [1.165, 1.54) is 46.3 Å². The minimum absolute atomic E-state index is 0.687. The smallest absolute Gasteiger partial charge is 0.390 e. The molecule has 0 saturated heterocycles. The molecule has 0 spiro atoms. The average Bonchev–Trinajstić information content (AvgIpc) is 2.23. The largest absolute Gasteiger partial charge is 0.497 e. The van der Waals surface area contributed by atoms with Gasteiger partial charge >= 0.3 is 8.80 Å². The Hall–Kier alpha value is 0.0969. The Kier molecular flexibility index (Phi) is 8.47. The molecule has 0 aliphatic carbocycles. The first-order valence-corrected chi connectivity index (χ1v) is 7.48. The fourth-order valence-electron chi connectivity index (χ4n) is 1.42. The molecule has 0 radical (unpaired) electrons. The summed E-state index contributed by atoms with van der Waals surface area (Å²) in [5, 5.41) is 0. The van der Waals surface area contributed by atoms with Gasteiger partial charge < -0.3 is 13.6 Å². The van der Waals surface area contributed by atoms with Gasteiger partial charge in [0.2, 0.25) is 0 Å². The highest BCUT2D eigenvalue weighted by molar-refractivity contribution is 6.59. The molecular formula is C10H24O3Si. The molecule has 0 aromatic rings. The van der Waals surface area contributed by atoms with E-state index < -0.39 is 8.80 Å². The van der Waals surface area contributed by atoms with Crippen LogP contribution in [-0.2, 0) is 8.85 Å². The van der Waals surface area contributed by atoms with E-state index in [-0.39, 0.29) is 0 Å². The third-order valence-electron chi connectivity index (χ3n) is 2.48. The molecule has 1 N–H and O–H groups in total. The molecule has 0 aromatic carbocycles. The van der Waals surface area contributed by atoms with Crippen LogP contribution in [-0.4, -0.2) is 27.8 Å². The molecule has 0 unspecified atom stereocenters. The molecule has 3 nitrogen and oxygen atoms in total. The minimum Gasteiger partial charge on any atom is -0.390 e. The summed E-state index contributed by atoms with van der Waals surface area (Å²) in [4.78, 5) is 9.73. The Labute approximate surface area is 88.8 Å². The molecule has 0 fully saturated rings. The van der Waals surface area contributed by atoms with Gasteiger partial charge in [0.05, 0.1) is 0 Å². The zero-order chi connectivity index (χ0) is 10.9. The van der Waals surface area contributed by atoms with E-state index in [1.54, 1.807) is 0 Å². The first-order valence-electron chi connectivity index (χ1n) is 5.51. The summed E-state index contributed by atoms with van der Waals surface area (Å²) < 4.78 is 9.97. The fraction of sp³-hybridized carbons (Fsp3) is 1.00. The zero-order valence-electron chi connectivity index (χ0n) is 9.71. The lowest BCUT2D eigenvalue weighted by Gasteiger charge is -2.19. The third-order valence-corrected chi connectivity index (χ3v) is 4.75. The predicted octanol–water partition coefficient (Wildman–Crippen LogP) is 2.57. The van der Waals surface area contributed by atoms with E-state index in [4.69, 9.17) is 8.85 Å². The van der Waals surface area contributed by atoms with E-state index in [1.807, 2.05) is 0 Å². The van der Waals surface area contributed by atoms with Gasteiger partial charge in [-0.05, 0) is 6.42 Å². The molecule has 0 heterocycles. The van der Waals surface area contributed by atoms with Gasteiger partial charge in [0, 0.05) is 20.3 Å². The molecule has 0 rings (SSSR count). The van der Waals surface area contributed by atoms with Gasteiger partial charge in [-0.15, -0.1) is 0 Å². The highest BCUT2D eigenvalue weighted by Crippen LogP contribution is 2.14. The molecule has 0 atom stereocenters. The normalized spacial score (nSPS) is 12.0. The quantitative estimate of drug-likeness (QED) is 0.479. The van der Waals surface area contributed by atoms with Crippen LogP contribution in [0.1, 0.15) is 45.4 Å². The van der Waals surface area contributed by atoms with Crippen LogP contribution in [0.4, 0.5) is 0 Å². The van der Waals surface area contributed by atoms with Gasteiger partial charge in [-0.1, -0.05) is 39.0 Å². The fourth-order valence-corrected chi connectivity index (χ4v) is 2.69. The van der Waals surface area contributed by atoms with E-state index in [2.05, 4.69) is 6.92 Å². The molecule has 0 aromatic heterocycles. The highest BCUT2D eigenvalue weighted by atomic mass is 28.4. The predicted molar refractivity (Wildman–Crippen MR) is 60.2 cm³/mol. The Morgan fingerprint density at radius 1 is 0.929 bits per heavy atom. The molecule has 0 bridgehead atoms. The Balaban J connectivity index is 3.34. The van der Waals surface area contributed by atoms with Crippen LogP contribution in [0.3, 0.4) is 0 Å². The molecule has 4 heteroatoms. The van der Waals surface area contributed by atoms with Crippen molar-refractivity contribution in [3.05, 3.63) is 0 Å². The third kappa shape index (κ3) is 6.54. The monoisotopic (exact) mass is 220 g/mol. The van der Waals surface area contributed by atoms with Gasteiger partial charge in [0.25, 0.3) is 0 Å². The van der Waals surface area contributed by atoms with Crippen LogP contribution in [0, 0.1) is 0 Å². The lowest BCUT2D eigenvalue weighted by Crippen LogP contribution is -2.39. The van der Waals surface area contributed by atoms with Gasteiger partial charge in [-0.2, -0.15) is 0 Å². The molecule has 0 saturated carbocycles. The number of rotatable bonds is 9. The van der Waals surface area contributed by atoms with Crippen LogP contribution in [0.25, 0.3) is 0 Å². The van der Waals surface area contributed by atoms with E-state index >= 15 is 0 Å². The standard InChI is InChI=1S/C10H24O3Si/c1-4-5-6-7-8-9-10-14(11,12-2)13-3/h11H,4-10H2,1-3H3. The van der Waals surface area contributed by atoms with Crippen LogP contribution in [0.2, 0.25) is 6.04 Å². The van der Waals surface area contributed by atoms with Gasteiger partial charge in [0.15, 0.2) is 0 Å². The van der Waals surface area contributed by atoms with Crippen molar-refractivity contribution < 1.29 is 13.6 Å². The first-order chi connectivity index (χ1) is 6.68. The van der Waals surface area contributed by atoms with Crippen LogP contribution < -0.4 is 0 Å². The second-order valence-corrected chi connectivity index (χ2v) is 6.38. The summed E-state index contributed by atoms with van der Waals surface area (Å²) in [5.74, 6) is 0. The second-order valence-electron chi connectivity index (χ2n) is 3.64. The van der Waals surface area contributed by atoms with Crippen LogP contribution in [0.5, 0.6) is 0 Å². The lowest BCUT2D eigenvalue weighted by molar-refractivity contribution is 0.150. The van der Waals surface area contributed by atoms with E-state index in [9.17, 15) is 4.80 Å². The summed E-state index contributed by atoms with van der Waals surface area (Å²) in [6.45, 7) is 2.21. The van der Waals surface area contributed by atoms with Crippen molar-refractivity contribution in [1.82, 2.24) is 0 Å². The van der Waals surface area contributed by atoms with Gasteiger partial charge in [-0.3, -0.25) is 0 Å². The summed E-state index contributed by atoms with van der Waals surface area (Å²) in [6, 6.07) is 0.687. The summed E-state index contributed by atoms with van der Waals surface area (Å²) in [6.07, 6.45) is 7.32. The SMILES string of the molecule is CCCCCCCC[Si](O)(OC)OC. The summed E-state index contributed by atoms with van der Waals surface area (Å²) in [5.41, 5.74) is 0. The van der Waals surface area contributed by atoms with Crippen molar-refractivity contribution in [2.75, 3.05) is 14.2 Å². The van der Waals surface area contributed by atoms with Crippen molar-refractivity contribution in [3.63, 3.8) is 0 Å². The Bertz CT molecular complexity index is 127. The average molecular weight is 220 g/mol. The topological polar surface area (TPSA) is 38.7 Å². The maximum absolute atomic E-state index is 9.73. The molecule has 14 heavy (non-hydrogen) atoms. The van der Waals surface area contributed by atoms with Gasteiger partial charge in [0.1, 0.15) is 0 Å². The molecule has 86 valence electrons. The molecule has 0 amide bonds. The van der Waals surface area contributed by atoms with E-state index in [0.717, 1.165) is 6.42 Å². The van der Waals surface area contributed by atoms with Crippen LogP contribution >= 0.6 is 0 Å². The first kappa shape index (κ1) is 14.1. The van der Waals surface area contributed by atoms with Gasteiger partial charge in [-0.25, -0.2) is 0 Å². The number of unbranched alkanes of at least 4 members (excludes halogenated alkanes) is 5. The zero-order valence-corrected chi connectivity index (χ0v) is 10.7. The van der Waals surface area contributed by atoms with Crippen LogP contribution in [0.15, 0.2) is 0 Å².